The lowest BCUT2D eigenvalue weighted by atomic mass is 10.1. The summed E-state index contributed by atoms with van der Waals surface area (Å²) < 4.78 is 0. The smallest absolute Gasteiger partial charge is 0.323 e. The summed E-state index contributed by atoms with van der Waals surface area (Å²) >= 11 is 0. The van der Waals surface area contributed by atoms with Crippen LogP contribution in [-0.2, 0) is 9.59 Å². The third kappa shape index (κ3) is 3.35. The Morgan fingerprint density at radius 2 is 2.00 bits per heavy atom. The fourth-order valence-corrected chi connectivity index (χ4v) is 2.86. The van der Waals surface area contributed by atoms with Gasteiger partial charge in [0.25, 0.3) is 0 Å². The van der Waals surface area contributed by atoms with E-state index in [1.165, 1.54) is 10.5 Å². The van der Waals surface area contributed by atoms with Crippen LogP contribution in [0.25, 0.3) is 0 Å². The molecular formula is C16H22N2O3. The third-order valence-electron chi connectivity index (χ3n) is 3.82. The summed E-state index contributed by atoms with van der Waals surface area (Å²) in [6, 6.07) is 7.99. The summed E-state index contributed by atoms with van der Waals surface area (Å²) in [7, 11) is 0. The summed E-state index contributed by atoms with van der Waals surface area (Å²) in [5.74, 6) is -1.05. The number of likely N-dealkylation sites (tertiary alicyclic amines) is 1. The fourth-order valence-electron chi connectivity index (χ4n) is 2.86. The van der Waals surface area contributed by atoms with Gasteiger partial charge >= 0.3 is 5.97 Å². The molecule has 5 nitrogen and oxygen atoms in total. The van der Waals surface area contributed by atoms with Crippen LogP contribution in [0.5, 0.6) is 0 Å². The number of amides is 1. The van der Waals surface area contributed by atoms with Gasteiger partial charge in [-0.05, 0) is 39.3 Å². The number of rotatable bonds is 5. The standard InChI is InChI=1S/C16H22N2O3/c1-11(2)18(13-6-4-12(3)5-7-13)14-8-9-17(16(14)21)10-15(19)20/h4-7,11,14H,8-10H2,1-3H3,(H,19,20). The Morgan fingerprint density at radius 1 is 1.38 bits per heavy atom. The van der Waals surface area contributed by atoms with E-state index in [0.717, 1.165) is 5.69 Å². The van der Waals surface area contributed by atoms with Gasteiger partial charge in [-0.15, -0.1) is 0 Å². The highest BCUT2D eigenvalue weighted by Crippen LogP contribution is 2.26. The van der Waals surface area contributed by atoms with Gasteiger partial charge in [0, 0.05) is 18.3 Å². The number of anilines is 1. The van der Waals surface area contributed by atoms with Crippen LogP contribution in [0.4, 0.5) is 5.69 Å². The first kappa shape index (κ1) is 15.4. The minimum atomic E-state index is -0.963. The maximum atomic E-state index is 12.4. The van der Waals surface area contributed by atoms with Crippen LogP contribution in [0, 0.1) is 6.92 Å². The molecule has 0 bridgehead atoms. The van der Waals surface area contributed by atoms with Crippen LogP contribution in [-0.4, -0.2) is 47.1 Å². The highest BCUT2D eigenvalue weighted by Gasteiger charge is 2.37. The Bertz CT molecular complexity index is 525. The molecular weight excluding hydrogens is 268 g/mol. The Balaban J connectivity index is 2.22. The molecule has 0 aliphatic carbocycles. The number of carboxylic acid groups (broad SMARTS) is 1. The van der Waals surface area contributed by atoms with Crippen molar-refractivity contribution in [2.75, 3.05) is 18.0 Å². The molecule has 1 aliphatic heterocycles. The van der Waals surface area contributed by atoms with E-state index < -0.39 is 5.97 Å². The first-order chi connectivity index (χ1) is 9.90. The monoisotopic (exact) mass is 290 g/mol. The quantitative estimate of drug-likeness (QED) is 0.899. The van der Waals surface area contributed by atoms with E-state index in [0.29, 0.717) is 13.0 Å². The Kier molecular flexibility index (Phi) is 4.50. The molecule has 0 radical (unpaired) electrons. The van der Waals surface area contributed by atoms with E-state index in [9.17, 15) is 9.59 Å². The van der Waals surface area contributed by atoms with Crippen molar-refractivity contribution in [1.29, 1.82) is 0 Å². The second-order valence-corrected chi connectivity index (χ2v) is 5.79. The number of aryl methyl sites for hydroxylation is 1. The summed E-state index contributed by atoms with van der Waals surface area (Å²) in [6.45, 7) is 6.42. The minimum absolute atomic E-state index is 0.0910. The first-order valence-electron chi connectivity index (χ1n) is 7.25. The van der Waals surface area contributed by atoms with Crippen LogP contribution in [0.15, 0.2) is 24.3 Å². The second-order valence-electron chi connectivity index (χ2n) is 5.79. The van der Waals surface area contributed by atoms with Gasteiger partial charge in [0.15, 0.2) is 0 Å². The van der Waals surface area contributed by atoms with Gasteiger partial charge in [-0.1, -0.05) is 17.7 Å². The number of carbonyl (C=O) groups excluding carboxylic acids is 1. The molecule has 1 heterocycles. The molecule has 21 heavy (non-hydrogen) atoms. The van der Waals surface area contributed by atoms with Crippen molar-refractivity contribution in [2.24, 2.45) is 0 Å². The zero-order valence-electron chi connectivity index (χ0n) is 12.7. The summed E-state index contributed by atoms with van der Waals surface area (Å²) in [4.78, 5) is 26.8. The van der Waals surface area contributed by atoms with Crippen LogP contribution in [0.3, 0.4) is 0 Å². The maximum absolute atomic E-state index is 12.4. The predicted octanol–water partition coefficient (Wildman–Crippen LogP) is 1.90. The van der Waals surface area contributed by atoms with Crippen LogP contribution < -0.4 is 4.90 Å². The third-order valence-corrected chi connectivity index (χ3v) is 3.82. The lowest BCUT2D eigenvalue weighted by molar-refractivity contribution is -0.143. The average molecular weight is 290 g/mol. The number of carboxylic acids is 1. The van der Waals surface area contributed by atoms with Crippen molar-refractivity contribution < 1.29 is 14.7 Å². The van der Waals surface area contributed by atoms with Crippen molar-refractivity contribution in [2.45, 2.75) is 39.3 Å². The van der Waals surface area contributed by atoms with Crippen molar-refractivity contribution >= 4 is 17.6 Å². The zero-order chi connectivity index (χ0) is 15.6. The molecule has 1 amide bonds. The topological polar surface area (TPSA) is 60.9 Å². The SMILES string of the molecule is Cc1ccc(N(C(C)C)C2CCN(CC(=O)O)C2=O)cc1. The van der Waals surface area contributed by atoms with E-state index in [1.54, 1.807) is 0 Å². The highest BCUT2D eigenvalue weighted by molar-refractivity contribution is 5.90. The van der Waals surface area contributed by atoms with Crippen molar-refractivity contribution in [3.63, 3.8) is 0 Å². The molecule has 0 spiro atoms. The van der Waals surface area contributed by atoms with Crippen molar-refractivity contribution in [3.05, 3.63) is 29.8 Å². The maximum Gasteiger partial charge on any atom is 0.323 e. The van der Waals surface area contributed by atoms with E-state index in [4.69, 9.17) is 5.11 Å². The van der Waals surface area contributed by atoms with E-state index in [1.807, 2.05) is 45.0 Å². The van der Waals surface area contributed by atoms with Gasteiger partial charge in [-0.25, -0.2) is 0 Å². The molecule has 1 aromatic rings. The van der Waals surface area contributed by atoms with Gasteiger partial charge in [-0.2, -0.15) is 0 Å². The van der Waals surface area contributed by atoms with E-state index in [-0.39, 0.29) is 24.5 Å². The molecule has 114 valence electrons. The molecule has 0 saturated carbocycles. The van der Waals surface area contributed by atoms with Crippen molar-refractivity contribution in [3.8, 4) is 0 Å². The first-order valence-corrected chi connectivity index (χ1v) is 7.25. The molecule has 1 unspecified atom stereocenters. The second kappa shape index (κ2) is 6.16. The molecule has 2 rings (SSSR count). The number of nitrogens with zero attached hydrogens (tertiary/aromatic N) is 2. The predicted molar refractivity (Wildman–Crippen MR) is 81.4 cm³/mol. The highest BCUT2D eigenvalue weighted by atomic mass is 16.4. The normalized spacial score (nSPS) is 18.4. The summed E-state index contributed by atoms with van der Waals surface area (Å²) in [6.07, 6.45) is 0.665. The van der Waals surface area contributed by atoms with Gasteiger partial charge in [-0.3, -0.25) is 9.59 Å². The lowest BCUT2D eigenvalue weighted by Gasteiger charge is -2.34. The summed E-state index contributed by atoms with van der Waals surface area (Å²) in [5, 5.41) is 8.87. The average Bonchev–Trinajstić information content (AvgIpc) is 2.73. The summed E-state index contributed by atoms with van der Waals surface area (Å²) in [5.41, 5.74) is 2.18. The Labute approximate surface area is 125 Å². The van der Waals surface area contributed by atoms with Gasteiger partial charge < -0.3 is 14.9 Å². The number of hydrogen-bond acceptors (Lipinski definition) is 3. The molecule has 1 aliphatic rings. The van der Waals surface area contributed by atoms with Crippen LogP contribution in [0.1, 0.15) is 25.8 Å². The number of carbonyl (C=O) groups is 2. The van der Waals surface area contributed by atoms with Gasteiger partial charge in [0.05, 0.1) is 0 Å². The molecule has 1 saturated heterocycles. The van der Waals surface area contributed by atoms with Crippen molar-refractivity contribution in [1.82, 2.24) is 4.90 Å². The molecule has 1 aromatic carbocycles. The Morgan fingerprint density at radius 3 is 2.52 bits per heavy atom. The van der Waals surface area contributed by atoms with Crippen LogP contribution in [0.2, 0.25) is 0 Å². The van der Waals surface area contributed by atoms with Gasteiger partial charge in [0.2, 0.25) is 5.91 Å². The zero-order valence-corrected chi connectivity index (χ0v) is 12.7. The number of aliphatic carboxylic acids is 1. The largest absolute Gasteiger partial charge is 0.480 e. The number of benzene rings is 1. The number of hydrogen-bond donors (Lipinski definition) is 1. The van der Waals surface area contributed by atoms with Crippen LogP contribution >= 0.6 is 0 Å². The fraction of sp³-hybridized carbons (Fsp3) is 0.500. The molecule has 1 N–H and O–H groups in total. The minimum Gasteiger partial charge on any atom is -0.480 e. The van der Waals surface area contributed by atoms with Gasteiger partial charge in [0.1, 0.15) is 12.6 Å². The lowest BCUT2D eigenvalue weighted by Crippen LogP contribution is -2.46. The molecule has 5 heteroatoms. The molecule has 1 atom stereocenters. The van der Waals surface area contributed by atoms with E-state index in [2.05, 4.69) is 4.90 Å². The molecule has 0 aromatic heterocycles. The molecule has 1 fully saturated rings. The Hall–Kier alpha value is -2.04. The van der Waals surface area contributed by atoms with E-state index >= 15 is 0 Å².